The summed E-state index contributed by atoms with van der Waals surface area (Å²) in [5, 5.41) is 11.1. The Morgan fingerprint density at radius 3 is 2.32 bits per heavy atom. The highest BCUT2D eigenvalue weighted by molar-refractivity contribution is 7.92. The molecule has 0 saturated carbocycles. The summed E-state index contributed by atoms with van der Waals surface area (Å²) in [7, 11) is -3.84. The summed E-state index contributed by atoms with van der Waals surface area (Å²) < 4.78 is 25.9. The van der Waals surface area contributed by atoms with Gasteiger partial charge in [0.2, 0.25) is 15.9 Å². The lowest BCUT2D eigenvalue weighted by Gasteiger charge is -2.38. The Bertz CT molecular complexity index is 1040. The molecule has 1 aliphatic heterocycles. The standard InChI is InChI=1S/C21H26N4O5S/c1-17(24(31(2,29)30)19-9-6-10-20(15-19)25(27)28)21(26)23-13-11-22(12-14-23)16-18-7-4-3-5-8-18/h3-10,15,17H,11-14,16H2,1-2H3/t17-/m0/s1. The predicted molar refractivity (Wildman–Crippen MR) is 118 cm³/mol. The summed E-state index contributed by atoms with van der Waals surface area (Å²) in [5.41, 5.74) is 1.06. The van der Waals surface area contributed by atoms with Crippen molar-refractivity contribution in [2.45, 2.75) is 19.5 Å². The van der Waals surface area contributed by atoms with Crippen molar-refractivity contribution in [2.75, 3.05) is 36.7 Å². The summed E-state index contributed by atoms with van der Waals surface area (Å²) in [4.78, 5) is 27.5. The highest BCUT2D eigenvalue weighted by atomic mass is 32.2. The molecule has 1 fully saturated rings. The summed E-state index contributed by atoms with van der Waals surface area (Å²) in [6.45, 7) is 4.65. The first kappa shape index (κ1) is 22.7. The van der Waals surface area contributed by atoms with Gasteiger partial charge in [-0.05, 0) is 18.6 Å². The molecule has 0 aliphatic carbocycles. The molecule has 3 rings (SSSR count). The molecule has 9 nitrogen and oxygen atoms in total. The number of nitrogens with zero attached hydrogens (tertiary/aromatic N) is 4. The Hall–Kier alpha value is -2.98. The van der Waals surface area contributed by atoms with Crippen LogP contribution in [0.25, 0.3) is 0 Å². The maximum Gasteiger partial charge on any atom is 0.271 e. The zero-order valence-corrected chi connectivity index (χ0v) is 18.4. The largest absolute Gasteiger partial charge is 0.338 e. The number of hydrogen-bond acceptors (Lipinski definition) is 6. The van der Waals surface area contributed by atoms with Crippen molar-refractivity contribution < 1.29 is 18.1 Å². The van der Waals surface area contributed by atoms with Crippen LogP contribution in [-0.2, 0) is 21.4 Å². The number of carbonyl (C=O) groups excluding carboxylic acids is 1. The van der Waals surface area contributed by atoms with Gasteiger partial charge in [-0.25, -0.2) is 8.42 Å². The molecule has 31 heavy (non-hydrogen) atoms. The number of nitro groups is 1. The number of sulfonamides is 1. The third kappa shape index (κ3) is 5.59. The highest BCUT2D eigenvalue weighted by Crippen LogP contribution is 2.26. The number of non-ortho nitro benzene ring substituents is 1. The molecule has 166 valence electrons. The predicted octanol–water partition coefficient (Wildman–Crippen LogP) is 2.09. The van der Waals surface area contributed by atoms with E-state index in [0.29, 0.717) is 26.2 Å². The molecule has 1 atom stereocenters. The Balaban J connectivity index is 1.71. The van der Waals surface area contributed by atoms with Crippen LogP contribution in [0, 0.1) is 10.1 Å². The zero-order valence-electron chi connectivity index (χ0n) is 17.5. The molecule has 0 unspecified atom stereocenters. The zero-order chi connectivity index (χ0) is 22.6. The number of nitro benzene ring substituents is 1. The molecule has 0 spiro atoms. The van der Waals surface area contributed by atoms with Gasteiger partial charge in [0.1, 0.15) is 6.04 Å². The summed E-state index contributed by atoms with van der Waals surface area (Å²) in [5.74, 6) is -0.323. The Morgan fingerprint density at radius 1 is 1.10 bits per heavy atom. The van der Waals surface area contributed by atoms with E-state index in [2.05, 4.69) is 17.0 Å². The van der Waals surface area contributed by atoms with Gasteiger partial charge in [0.05, 0.1) is 16.9 Å². The van der Waals surface area contributed by atoms with E-state index in [1.54, 1.807) is 4.90 Å². The van der Waals surface area contributed by atoms with Crippen LogP contribution < -0.4 is 4.31 Å². The van der Waals surface area contributed by atoms with Gasteiger partial charge in [-0.1, -0.05) is 36.4 Å². The van der Waals surface area contributed by atoms with Crippen molar-refractivity contribution in [3.8, 4) is 0 Å². The second kappa shape index (κ2) is 9.44. The molecule has 2 aromatic carbocycles. The van der Waals surface area contributed by atoms with E-state index in [1.807, 2.05) is 18.2 Å². The fraction of sp³-hybridized carbons (Fsp3) is 0.381. The maximum absolute atomic E-state index is 13.1. The average Bonchev–Trinajstić information content (AvgIpc) is 2.74. The minimum absolute atomic E-state index is 0.0975. The second-order valence-corrected chi connectivity index (χ2v) is 9.46. The molecular formula is C21H26N4O5S. The van der Waals surface area contributed by atoms with Crippen LogP contribution in [0.3, 0.4) is 0 Å². The first-order valence-electron chi connectivity index (χ1n) is 9.96. The van der Waals surface area contributed by atoms with Crippen LogP contribution >= 0.6 is 0 Å². The molecule has 10 heteroatoms. The van der Waals surface area contributed by atoms with E-state index >= 15 is 0 Å². The number of piperazine rings is 1. The lowest BCUT2D eigenvalue weighted by atomic mass is 10.2. The fourth-order valence-corrected chi connectivity index (χ4v) is 4.94. The number of benzene rings is 2. The van der Waals surface area contributed by atoms with Gasteiger partial charge in [-0.3, -0.25) is 24.1 Å². The molecule has 1 aliphatic rings. The normalized spacial score (nSPS) is 16.0. The summed E-state index contributed by atoms with van der Waals surface area (Å²) >= 11 is 0. The van der Waals surface area contributed by atoms with E-state index < -0.39 is 21.0 Å². The number of carbonyl (C=O) groups is 1. The Kier molecular flexibility index (Phi) is 6.91. The van der Waals surface area contributed by atoms with Crippen LogP contribution in [0.15, 0.2) is 54.6 Å². The first-order chi connectivity index (χ1) is 14.7. The quantitative estimate of drug-likeness (QED) is 0.477. The van der Waals surface area contributed by atoms with Crippen LogP contribution in [-0.4, -0.2) is 67.5 Å². The minimum Gasteiger partial charge on any atom is -0.338 e. The van der Waals surface area contributed by atoms with E-state index in [0.717, 1.165) is 17.1 Å². The second-order valence-electron chi connectivity index (χ2n) is 7.60. The molecule has 1 amide bonds. The highest BCUT2D eigenvalue weighted by Gasteiger charge is 2.34. The van der Waals surface area contributed by atoms with Crippen molar-refractivity contribution in [1.29, 1.82) is 0 Å². The molecule has 0 aromatic heterocycles. The summed E-state index contributed by atoms with van der Waals surface area (Å²) in [6, 6.07) is 14.4. The van der Waals surface area contributed by atoms with Gasteiger partial charge >= 0.3 is 0 Å². The molecule has 0 radical (unpaired) electrons. The molecule has 0 bridgehead atoms. The molecule has 2 aromatic rings. The Morgan fingerprint density at radius 2 is 1.74 bits per heavy atom. The fourth-order valence-electron chi connectivity index (χ4n) is 3.78. The van der Waals surface area contributed by atoms with Crippen molar-refractivity contribution in [1.82, 2.24) is 9.80 Å². The number of amides is 1. The minimum atomic E-state index is -3.84. The molecule has 1 heterocycles. The third-order valence-electron chi connectivity index (χ3n) is 5.29. The van der Waals surface area contributed by atoms with Crippen molar-refractivity contribution >= 4 is 27.3 Å². The van der Waals surface area contributed by atoms with Crippen molar-refractivity contribution in [2.24, 2.45) is 0 Å². The number of hydrogen-bond donors (Lipinski definition) is 0. The van der Waals surface area contributed by atoms with Gasteiger partial charge in [0.25, 0.3) is 5.69 Å². The van der Waals surface area contributed by atoms with Gasteiger partial charge in [0.15, 0.2) is 0 Å². The summed E-state index contributed by atoms with van der Waals surface area (Å²) in [6.07, 6.45) is 0.993. The van der Waals surface area contributed by atoms with Crippen LogP contribution in [0.4, 0.5) is 11.4 Å². The van der Waals surface area contributed by atoms with Gasteiger partial charge in [-0.15, -0.1) is 0 Å². The Labute approximate surface area is 182 Å². The van der Waals surface area contributed by atoms with Crippen molar-refractivity contribution in [3.05, 3.63) is 70.3 Å². The SMILES string of the molecule is C[C@@H](C(=O)N1CCN(Cc2ccccc2)CC1)N(c1cccc([N+](=O)[O-])c1)S(C)(=O)=O. The van der Waals surface area contributed by atoms with E-state index in [9.17, 15) is 23.3 Å². The van der Waals surface area contributed by atoms with Crippen LogP contribution in [0.1, 0.15) is 12.5 Å². The maximum atomic E-state index is 13.1. The van der Waals surface area contributed by atoms with E-state index in [4.69, 9.17) is 0 Å². The molecule has 1 saturated heterocycles. The lowest BCUT2D eigenvalue weighted by molar-refractivity contribution is -0.384. The molecular weight excluding hydrogens is 420 g/mol. The number of anilines is 1. The third-order valence-corrected chi connectivity index (χ3v) is 6.54. The van der Waals surface area contributed by atoms with Gasteiger partial charge < -0.3 is 4.90 Å². The molecule has 0 N–H and O–H groups in total. The van der Waals surface area contributed by atoms with Crippen LogP contribution in [0.2, 0.25) is 0 Å². The average molecular weight is 447 g/mol. The van der Waals surface area contributed by atoms with E-state index in [1.165, 1.54) is 36.8 Å². The smallest absolute Gasteiger partial charge is 0.271 e. The lowest BCUT2D eigenvalue weighted by Crippen LogP contribution is -2.55. The van der Waals surface area contributed by atoms with Crippen LogP contribution in [0.5, 0.6) is 0 Å². The topological polar surface area (TPSA) is 104 Å². The van der Waals surface area contributed by atoms with Gasteiger partial charge in [0, 0.05) is 44.9 Å². The van der Waals surface area contributed by atoms with Gasteiger partial charge in [-0.2, -0.15) is 0 Å². The first-order valence-corrected chi connectivity index (χ1v) is 11.8. The van der Waals surface area contributed by atoms with Crippen molar-refractivity contribution in [3.63, 3.8) is 0 Å². The number of rotatable bonds is 7. The van der Waals surface area contributed by atoms with E-state index in [-0.39, 0.29) is 17.3 Å². The monoisotopic (exact) mass is 446 g/mol.